The van der Waals surface area contributed by atoms with Crippen LogP contribution in [0, 0.1) is 5.92 Å². The summed E-state index contributed by atoms with van der Waals surface area (Å²) < 4.78 is 0. The van der Waals surface area contributed by atoms with Crippen molar-refractivity contribution in [2.24, 2.45) is 11.0 Å². The summed E-state index contributed by atoms with van der Waals surface area (Å²) in [7, 11) is 1.47. The van der Waals surface area contributed by atoms with E-state index in [4.69, 9.17) is 5.11 Å². The molecule has 1 aliphatic heterocycles. The molecule has 86 valence electrons. The second kappa shape index (κ2) is 4.08. The fraction of sp³-hybridized carbons (Fsp3) is 0.545. The molecule has 1 saturated carbocycles. The van der Waals surface area contributed by atoms with Crippen molar-refractivity contribution in [2.75, 3.05) is 7.05 Å². The van der Waals surface area contributed by atoms with E-state index < -0.39 is 5.97 Å². The van der Waals surface area contributed by atoms with Gasteiger partial charge < -0.3 is 5.11 Å². The molecule has 0 spiro atoms. The molecule has 5 heteroatoms. The fourth-order valence-corrected chi connectivity index (χ4v) is 2.19. The summed E-state index contributed by atoms with van der Waals surface area (Å²) in [5.41, 5.74) is 0.126. The molecule has 0 aromatic rings. The zero-order valence-electron chi connectivity index (χ0n) is 9.14. The number of nitrogens with zero attached hydrogens (tertiary/aromatic N) is 2. The first-order valence-electron chi connectivity index (χ1n) is 5.41. The van der Waals surface area contributed by atoms with E-state index in [9.17, 15) is 9.59 Å². The topological polar surface area (TPSA) is 70.0 Å². The smallest absolute Gasteiger partial charge is 0.357 e. The zero-order valence-corrected chi connectivity index (χ0v) is 9.14. The summed E-state index contributed by atoms with van der Waals surface area (Å²) in [6.45, 7) is 0. The summed E-state index contributed by atoms with van der Waals surface area (Å²) in [5.74, 6) is -1.12. The van der Waals surface area contributed by atoms with Crippen LogP contribution in [0.2, 0.25) is 0 Å². The van der Waals surface area contributed by atoms with Crippen molar-refractivity contribution in [3.63, 3.8) is 0 Å². The van der Waals surface area contributed by atoms with Crippen LogP contribution < -0.4 is 0 Å². The monoisotopic (exact) mass is 222 g/mol. The van der Waals surface area contributed by atoms with E-state index in [1.807, 2.05) is 0 Å². The van der Waals surface area contributed by atoms with Gasteiger partial charge in [0.2, 0.25) is 0 Å². The average Bonchev–Trinajstić information content (AvgIpc) is 2.81. The Morgan fingerprint density at radius 1 is 1.50 bits per heavy atom. The van der Waals surface area contributed by atoms with Crippen molar-refractivity contribution in [1.29, 1.82) is 0 Å². The quantitative estimate of drug-likeness (QED) is 0.709. The molecule has 1 heterocycles. The van der Waals surface area contributed by atoms with Gasteiger partial charge in [-0.2, -0.15) is 5.10 Å². The van der Waals surface area contributed by atoms with Gasteiger partial charge >= 0.3 is 5.97 Å². The van der Waals surface area contributed by atoms with E-state index in [0.717, 1.165) is 30.7 Å². The minimum absolute atomic E-state index is 0.126. The highest BCUT2D eigenvalue weighted by Gasteiger charge is 2.32. The lowest BCUT2D eigenvalue weighted by Crippen LogP contribution is -2.20. The number of hydrogen-bond donors (Lipinski definition) is 1. The van der Waals surface area contributed by atoms with Crippen molar-refractivity contribution in [3.05, 3.63) is 11.6 Å². The molecule has 2 rings (SSSR count). The third-order valence-corrected chi connectivity index (χ3v) is 3.03. The predicted molar refractivity (Wildman–Crippen MR) is 57.9 cm³/mol. The number of carboxylic acid groups (broad SMARTS) is 1. The lowest BCUT2D eigenvalue weighted by atomic mass is 10.0. The maximum Gasteiger partial charge on any atom is 0.357 e. The Balaban J connectivity index is 2.27. The van der Waals surface area contributed by atoms with Crippen LogP contribution in [0.4, 0.5) is 0 Å². The van der Waals surface area contributed by atoms with Gasteiger partial charge in [0.1, 0.15) is 0 Å². The van der Waals surface area contributed by atoms with Gasteiger partial charge in [-0.15, -0.1) is 0 Å². The Labute approximate surface area is 93.4 Å². The van der Waals surface area contributed by atoms with Gasteiger partial charge in [0, 0.05) is 7.05 Å². The first kappa shape index (κ1) is 10.9. The molecule has 1 aliphatic carbocycles. The van der Waals surface area contributed by atoms with Crippen LogP contribution in [-0.4, -0.2) is 34.8 Å². The van der Waals surface area contributed by atoms with E-state index in [2.05, 4.69) is 5.10 Å². The van der Waals surface area contributed by atoms with E-state index in [-0.39, 0.29) is 17.2 Å². The summed E-state index contributed by atoms with van der Waals surface area (Å²) in [5, 5.41) is 13.8. The maximum atomic E-state index is 11.7. The van der Waals surface area contributed by atoms with Crippen LogP contribution in [0.25, 0.3) is 0 Å². The van der Waals surface area contributed by atoms with E-state index >= 15 is 0 Å². The molecular weight excluding hydrogens is 208 g/mol. The number of carbonyl (C=O) groups is 2. The second-order valence-electron chi connectivity index (χ2n) is 4.21. The number of likely N-dealkylation sites (N-methyl/N-ethyl adjacent to an activating group) is 1. The molecule has 1 fully saturated rings. The number of carbonyl (C=O) groups excluding carboxylic acids is 1. The van der Waals surface area contributed by atoms with Crippen molar-refractivity contribution in [3.8, 4) is 0 Å². The van der Waals surface area contributed by atoms with Gasteiger partial charge in [0.15, 0.2) is 5.71 Å². The molecule has 0 aromatic heterocycles. The Morgan fingerprint density at radius 2 is 2.12 bits per heavy atom. The lowest BCUT2D eigenvalue weighted by molar-refractivity contribution is -0.129. The van der Waals surface area contributed by atoms with Crippen LogP contribution >= 0.6 is 0 Å². The Morgan fingerprint density at radius 3 is 2.69 bits per heavy atom. The van der Waals surface area contributed by atoms with Crippen molar-refractivity contribution < 1.29 is 14.7 Å². The average molecular weight is 222 g/mol. The van der Waals surface area contributed by atoms with Crippen LogP contribution in [0.15, 0.2) is 16.8 Å². The minimum Gasteiger partial charge on any atom is -0.476 e. The molecule has 5 nitrogen and oxygen atoms in total. The Bertz CT molecular complexity index is 392. The summed E-state index contributed by atoms with van der Waals surface area (Å²) in [6, 6.07) is 0. The Hall–Kier alpha value is -1.65. The van der Waals surface area contributed by atoms with Gasteiger partial charge in [-0.3, -0.25) is 4.79 Å². The summed E-state index contributed by atoms with van der Waals surface area (Å²) in [4.78, 5) is 22.6. The SMILES string of the molecule is CN1N=C(C(=O)O)C(=CC2CCCC2)C1=O. The zero-order chi connectivity index (χ0) is 11.7. The third-order valence-electron chi connectivity index (χ3n) is 3.03. The molecular formula is C11H14N2O3. The van der Waals surface area contributed by atoms with E-state index in [1.165, 1.54) is 7.05 Å². The minimum atomic E-state index is -1.14. The van der Waals surface area contributed by atoms with Gasteiger partial charge in [0.05, 0.1) is 5.57 Å². The molecule has 16 heavy (non-hydrogen) atoms. The molecule has 0 aromatic carbocycles. The normalized spacial score (nSPS) is 24.3. The van der Waals surface area contributed by atoms with E-state index in [1.54, 1.807) is 6.08 Å². The predicted octanol–water partition coefficient (Wildman–Crippen LogP) is 1.02. The number of hydrazone groups is 1. The standard InChI is InChI=1S/C11H14N2O3/c1-13-10(14)8(9(12-13)11(15)16)6-7-4-2-3-5-7/h6-7H,2-5H2,1H3,(H,15,16). The number of amides is 1. The van der Waals surface area contributed by atoms with Gasteiger partial charge in [-0.1, -0.05) is 18.9 Å². The number of allylic oxidation sites excluding steroid dienone is 1. The highest BCUT2D eigenvalue weighted by Crippen LogP contribution is 2.28. The number of carboxylic acids is 1. The largest absolute Gasteiger partial charge is 0.476 e. The molecule has 0 bridgehead atoms. The number of aliphatic carboxylic acids is 1. The van der Waals surface area contributed by atoms with Crippen molar-refractivity contribution in [1.82, 2.24) is 5.01 Å². The Kier molecular flexibility index (Phi) is 2.77. The van der Waals surface area contributed by atoms with Gasteiger partial charge in [-0.05, 0) is 18.8 Å². The molecule has 0 radical (unpaired) electrons. The van der Waals surface area contributed by atoms with Crippen LogP contribution in [0.3, 0.4) is 0 Å². The highest BCUT2D eigenvalue weighted by atomic mass is 16.4. The molecule has 0 saturated heterocycles. The van der Waals surface area contributed by atoms with Gasteiger partial charge in [0.25, 0.3) is 5.91 Å². The van der Waals surface area contributed by atoms with E-state index in [0.29, 0.717) is 5.92 Å². The number of rotatable bonds is 2. The summed E-state index contributed by atoms with van der Waals surface area (Å²) in [6.07, 6.45) is 6.16. The first-order chi connectivity index (χ1) is 7.59. The summed E-state index contributed by atoms with van der Waals surface area (Å²) >= 11 is 0. The molecule has 1 amide bonds. The third kappa shape index (κ3) is 1.85. The molecule has 1 N–H and O–H groups in total. The van der Waals surface area contributed by atoms with Crippen molar-refractivity contribution in [2.45, 2.75) is 25.7 Å². The fourth-order valence-electron chi connectivity index (χ4n) is 2.19. The van der Waals surface area contributed by atoms with Crippen LogP contribution in [-0.2, 0) is 9.59 Å². The second-order valence-corrected chi connectivity index (χ2v) is 4.21. The first-order valence-corrected chi connectivity index (χ1v) is 5.41. The molecule has 0 unspecified atom stereocenters. The lowest BCUT2D eigenvalue weighted by Gasteiger charge is -2.04. The molecule has 2 aliphatic rings. The molecule has 0 atom stereocenters. The van der Waals surface area contributed by atoms with Crippen molar-refractivity contribution >= 4 is 17.6 Å². The number of hydrogen-bond acceptors (Lipinski definition) is 3. The highest BCUT2D eigenvalue weighted by molar-refractivity contribution is 6.50. The van der Waals surface area contributed by atoms with Gasteiger partial charge in [-0.25, -0.2) is 9.80 Å². The van der Waals surface area contributed by atoms with Crippen LogP contribution in [0.1, 0.15) is 25.7 Å². The van der Waals surface area contributed by atoms with Crippen LogP contribution in [0.5, 0.6) is 0 Å². The maximum absolute atomic E-state index is 11.7.